The Labute approximate surface area is 164 Å². The van der Waals surface area contributed by atoms with Crippen LogP contribution in [0.4, 0.5) is 0 Å². The molecule has 3 rings (SSSR count). The topological polar surface area (TPSA) is 88.9 Å². The highest BCUT2D eigenvalue weighted by molar-refractivity contribution is 6.30. The number of benzene rings is 2. The molecule has 0 fully saturated rings. The fourth-order valence-corrected chi connectivity index (χ4v) is 2.87. The Kier molecular flexibility index (Phi) is 7.11. The Hall–Kier alpha value is -1.99. The standard InChI is InChI=1S/C18H22ClN5O.ClH/c19-15-7-9-16(10-8-15)25-12-4-11-24-13-22-17(20)23-18(24,21)14-5-2-1-3-6-14;/h1-3,5-10H,4,11-13,21H2,(H3,20,22,23);1H. The summed E-state index contributed by atoms with van der Waals surface area (Å²) in [7, 11) is 0. The molecule has 0 saturated carbocycles. The third-order valence-corrected chi connectivity index (χ3v) is 4.33. The number of guanidine groups is 1. The van der Waals surface area contributed by atoms with Gasteiger partial charge in [0.1, 0.15) is 5.75 Å². The van der Waals surface area contributed by atoms with Crippen LogP contribution in [0.15, 0.2) is 59.6 Å². The summed E-state index contributed by atoms with van der Waals surface area (Å²) in [6.07, 6.45) is 0.797. The second-order valence-electron chi connectivity index (χ2n) is 5.84. The second kappa shape index (κ2) is 9.09. The van der Waals surface area contributed by atoms with Crippen molar-refractivity contribution in [2.75, 3.05) is 19.8 Å². The Morgan fingerprint density at radius 1 is 1.15 bits per heavy atom. The van der Waals surface area contributed by atoms with E-state index in [1.807, 2.05) is 59.5 Å². The zero-order chi connectivity index (χ0) is 17.7. The molecule has 26 heavy (non-hydrogen) atoms. The summed E-state index contributed by atoms with van der Waals surface area (Å²) in [5.41, 5.74) is 13.3. The van der Waals surface area contributed by atoms with Crippen LogP contribution in [0.2, 0.25) is 5.02 Å². The molecule has 0 bridgehead atoms. The first kappa shape index (κ1) is 20.3. The number of hydrogen-bond donors (Lipinski definition) is 3. The maximum absolute atomic E-state index is 6.59. The molecule has 0 aliphatic carbocycles. The van der Waals surface area contributed by atoms with Crippen molar-refractivity contribution < 1.29 is 4.74 Å². The fraction of sp³-hybridized carbons (Fsp3) is 0.278. The van der Waals surface area contributed by atoms with E-state index < -0.39 is 5.79 Å². The van der Waals surface area contributed by atoms with Crippen molar-refractivity contribution in [1.29, 1.82) is 0 Å². The molecular formula is C18H23Cl2N5O. The molecule has 6 nitrogen and oxygen atoms in total. The molecule has 2 aromatic rings. The van der Waals surface area contributed by atoms with Crippen LogP contribution in [0.3, 0.4) is 0 Å². The number of nitrogens with zero attached hydrogens (tertiary/aromatic N) is 2. The van der Waals surface area contributed by atoms with Gasteiger partial charge in [0.05, 0.1) is 13.3 Å². The lowest BCUT2D eigenvalue weighted by molar-refractivity contribution is 0.0762. The van der Waals surface area contributed by atoms with Gasteiger partial charge in [-0.15, -0.1) is 12.4 Å². The number of rotatable bonds is 6. The Morgan fingerprint density at radius 3 is 2.54 bits per heavy atom. The summed E-state index contributed by atoms with van der Waals surface area (Å²) in [6.45, 7) is 1.81. The first-order chi connectivity index (χ1) is 12.1. The van der Waals surface area contributed by atoms with E-state index in [9.17, 15) is 0 Å². The van der Waals surface area contributed by atoms with E-state index in [0.717, 1.165) is 17.7 Å². The van der Waals surface area contributed by atoms with Gasteiger partial charge in [-0.1, -0.05) is 41.9 Å². The van der Waals surface area contributed by atoms with Crippen LogP contribution in [0.25, 0.3) is 0 Å². The third-order valence-electron chi connectivity index (χ3n) is 4.08. The molecule has 1 unspecified atom stereocenters. The molecule has 1 aliphatic heterocycles. The van der Waals surface area contributed by atoms with E-state index in [0.29, 0.717) is 30.8 Å². The average molecular weight is 396 g/mol. The molecule has 0 saturated heterocycles. The number of nitrogens with one attached hydrogen (secondary N) is 1. The zero-order valence-corrected chi connectivity index (χ0v) is 15.8. The Balaban J connectivity index is 0.00000243. The van der Waals surface area contributed by atoms with E-state index >= 15 is 0 Å². The maximum atomic E-state index is 6.59. The van der Waals surface area contributed by atoms with Crippen molar-refractivity contribution in [3.63, 3.8) is 0 Å². The first-order valence-electron chi connectivity index (χ1n) is 8.15. The minimum absolute atomic E-state index is 0. The van der Waals surface area contributed by atoms with Crippen LogP contribution in [-0.4, -0.2) is 30.7 Å². The minimum atomic E-state index is -0.975. The van der Waals surface area contributed by atoms with Crippen LogP contribution >= 0.6 is 24.0 Å². The first-order valence-corrected chi connectivity index (χ1v) is 8.53. The van der Waals surface area contributed by atoms with Crippen molar-refractivity contribution >= 4 is 30.0 Å². The van der Waals surface area contributed by atoms with Gasteiger partial charge in [-0.2, -0.15) is 0 Å². The highest BCUT2D eigenvalue weighted by Gasteiger charge is 2.36. The highest BCUT2D eigenvalue weighted by atomic mass is 35.5. The van der Waals surface area contributed by atoms with Gasteiger partial charge in [0.2, 0.25) is 0 Å². The van der Waals surface area contributed by atoms with Gasteiger partial charge in [-0.05, 0) is 30.7 Å². The summed E-state index contributed by atoms with van der Waals surface area (Å²) in [4.78, 5) is 6.49. The molecule has 1 atom stereocenters. The van der Waals surface area contributed by atoms with Crippen molar-refractivity contribution in [1.82, 2.24) is 10.2 Å². The normalized spacial score (nSPS) is 19.8. The van der Waals surface area contributed by atoms with Gasteiger partial charge in [-0.3, -0.25) is 5.73 Å². The summed E-state index contributed by atoms with van der Waals surface area (Å²) in [6, 6.07) is 17.1. The molecular weight excluding hydrogens is 373 g/mol. The number of aliphatic imine (C=N–C) groups is 1. The second-order valence-corrected chi connectivity index (χ2v) is 6.28. The van der Waals surface area contributed by atoms with E-state index in [1.165, 1.54) is 0 Å². The van der Waals surface area contributed by atoms with Crippen LogP contribution in [0, 0.1) is 0 Å². The maximum Gasteiger partial charge on any atom is 0.196 e. The molecule has 0 radical (unpaired) electrons. The lowest BCUT2D eigenvalue weighted by Crippen LogP contribution is -2.61. The smallest absolute Gasteiger partial charge is 0.196 e. The van der Waals surface area contributed by atoms with Crippen molar-refractivity contribution in [2.45, 2.75) is 12.2 Å². The average Bonchev–Trinajstić information content (AvgIpc) is 2.62. The van der Waals surface area contributed by atoms with Crippen molar-refractivity contribution in [3.8, 4) is 5.75 Å². The number of ether oxygens (including phenoxy) is 1. The van der Waals surface area contributed by atoms with Crippen LogP contribution in [0.1, 0.15) is 12.0 Å². The quantitative estimate of drug-likeness (QED) is 0.653. The van der Waals surface area contributed by atoms with E-state index in [-0.39, 0.29) is 12.4 Å². The van der Waals surface area contributed by atoms with Crippen LogP contribution in [0.5, 0.6) is 5.75 Å². The minimum Gasteiger partial charge on any atom is -0.494 e. The third kappa shape index (κ3) is 4.80. The molecule has 0 amide bonds. The molecule has 140 valence electrons. The van der Waals surface area contributed by atoms with Gasteiger partial charge in [0, 0.05) is 17.1 Å². The SMILES string of the molecule is Cl.NC1=NC(N)(c2ccccc2)N(CCCOc2ccc(Cl)cc2)CN1. The predicted octanol–water partition coefficient (Wildman–Crippen LogP) is 2.48. The van der Waals surface area contributed by atoms with Crippen LogP contribution < -0.4 is 21.5 Å². The van der Waals surface area contributed by atoms with Gasteiger partial charge in [0.15, 0.2) is 11.7 Å². The summed E-state index contributed by atoms with van der Waals surface area (Å²) in [5.74, 6) is 0.169. The monoisotopic (exact) mass is 395 g/mol. The Morgan fingerprint density at radius 2 is 1.85 bits per heavy atom. The summed E-state index contributed by atoms with van der Waals surface area (Å²) >= 11 is 5.87. The molecule has 2 aromatic carbocycles. The van der Waals surface area contributed by atoms with E-state index in [2.05, 4.69) is 10.3 Å². The lowest BCUT2D eigenvalue weighted by Gasteiger charge is -2.41. The molecule has 8 heteroatoms. The predicted molar refractivity (Wildman–Crippen MR) is 107 cm³/mol. The van der Waals surface area contributed by atoms with Crippen molar-refractivity contribution in [2.24, 2.45) is 16.5 Å². The summed E-state index contributed by atoms with van der Waals surface area (Å²) < 4.78 is 5.74. The fourth-order valence-electron chi connectivity index (χ4n) is 2.75. The molecule has 5 N–H and O–H groups in total. The molecule has 1 heterocycles. The van der Waals surface area contributed by atoms with Gasteiger partial charge in [-0.25, -0.2) is 9.89 Å². The largest absolute Gasteiger partial charge is 0.494 e. The van der Waals surface area contributed by atoms with Crippen LogP contribution in [-0.2, 0) is 5.79 Å². The van der Waals surface area contributed by atoms with Gasteiger partial charge in [0.25, 0.3) is 0 Å². The summed E-state index contributed by atoms with van der Waals surface area (Å²) in [5, 5.41) is 3.73. The number of hydrogen-bond acceptors (Lipinski definition) is 6. The van der Waals surface area contributed by atoms with Crippen molar-refractivity contribution in [3.05, 3.63) is 65.2 Å². The number of nitrogens with two attached hydrogens (primary N) is 2. The zero-order valence-electron chi connectivity index (χ0n) is 14.3. The molecule has 0 spiro atoms. The van der Waals surface area contributed by atoms with Gasteiger partial charge >= 0.3 is 0 Å². The molecule has 1 aliphatic rings. The number of halogens is 2. The molecule has 0 aromatic heterocycles. The van der Waals surface area contributed by atoms with E-state index in [4.69, 9.17) is 27.8 Å². The van der Waals surface area contributed by atoms with E-state index in [1.54, 1.807) is 0 Å². The lowest BCUT2D eigenvalue weighted by atomic mass is 10.1. The Bertz CT molecular complexity index is 726. The van der Waals surface area contributed by atoms with Gasteiger partial charge < -0.3 is 15.8 Å². The highest BCUT2D eigenvalue weighted by Crippen LogP contribution is 2.26.